The summed E-state index contributed by atoms with van der Waals surface area (Å²) in [6, 6.07) is 9.08. The quantitative estimate of drug-likeness (QED) is 0.554. The van der Waals surface area contributed by atoms with Gasteiger partial charge in [-0.3, -0.25) is 9.69 Å². The van der Waals surface area contributed by atoms with Gasteiger partial charge in [-0.25, -0.2) is 4.79 Å². The molecule has 1 aromatic carbocycles. The zero-order valence-corrected chi connectivity index (χ0v) is 16.3. The highest BCUT2D eigenvalue weighted by molar-refractivity contribution is 8.03. The summed E-state index contributed by atoms with van der Waals surface area (Å²) in [5.74, 6) is -0.223. The number of rotatable bonds is 5. The minimum atomic E-state index is -0.983. The number of amides is 1. The van der Waals surface area contributed by atoms with Crippen LogP contribution in [0.5, 0.6) is 5.75 Å². The van der Waals surface area contributed by atoms with Crippen molar-refractivity contribution in [1.82, 2.24) is 4.90 Å². The number of fused-ring (bicyclic) bond motifs is 2. The average Bonchev–Trinajstić information content (AvgIpc) is 3.49. The first-order valence-electron chi connectivity index (χ1n) is 9.05. The highest BCUT2D eigenvalue weighted by Gasteiger charge is 2.71. The van der Waals surface area contributed by atoms with Gasteiger partial charge in [-0.15, -0.1) is 11.8 Å². The lowest BCUT2D eigenvalue weighted by Gasteiger charge is -2.50. The normalized spacial score (nSPS) is 27.0. The van der Waals surface area contributed by atoms with E-state index in [1.807, 2.05) is 18.2 Å². The Labute approximate surface area is 170 Å². The summed E-state index contributed by atoms with van der Waals surface area (Å²) in [7, 11) is 1.59. The molecule has 0 saturated carbocycles. The summed E-state index contributed by atoms with van der Waals surface area (Å²) in [5.41, 5.74) is 0.984. The van der Waals surface area contributed by atoms with Crippen molar-refractivity contribution in [2.24, 2.45) is 10.2 Å². The fourth-order valence-corrected chi connectivity index (χ4v) is 5.23. The molecule has 1 spiro atoms. The van der Waals surface area contributed by atoms with E-state index in [1.54, 1.807) is 37.2 Å². The minimum Gasteiger partial charge on any atom is -0.497 e. The fraction of sp³-hybridized carbons (Fsp3) is 0.300. The van der Waals surface area contributed by atoms with E-state index < -0.39 is 11.5 Å². The molecule has 0 aliphatic carbocycles. The van der Waals surface area contributed by atoms with Crippen molar-refractivity contribution in [1.29, 1.82) is 0 Å². The maximum absolute atomic E-state index is 13.1. The fourth-order valence-electron chi connectivity index (χ4n) is 3.91. The summed E-state index contributed by atoms with van der Waals surface area (Å²) >= 11 is 1.40. The van der Waals surface area contributed by atoms with Crippen LogP contribution in [0.4, 0.5) is 0 Å². The predicted octanol–water partition coefficient (Wildman–Crippen LogP) is 3.08. The van der Waals surface area contributed by atoms with Gasteiger partial charge in [-0.05, 0) is 29.3 Å². The number of β-lactam (4-membered cyclic amide) rings is 1. The molecule has 1 saturated heterocycles. The van der Waals surface area contributed by atoms with E-state index in [9.17, 15) is 9.59 Å². The third-order valence-corrected chi connectivity index (χ3v) is 6.64. The van der Waals surface area contributed by atoms with Crippen molar-refractivity contribution in [3.8, 4) is 5.75 Å². The van der Waals surface area contributed by atoms with Crippen molar-refractivity contribution in [2.45, 2.75) is 23.4 Å². The number of furan rings is 1. The lowest BCUT2D eigenvalue weighted by atomic mass is 9.74. The van der Waals surface area contributed by atoms with Crippen LogP contribution in [0.3, 0.4) is 0 Å². The molecule has 0 N–H and O–H groups in total. The molecule has 3 aliphatic rings. The van der Waals surface area contributed by atoms with Crippen molar-refractivity contribution in [3.63, 3.8) is 0 Å². The van der Waals surface area contributed by atoms with E-state index in [1.165, 1.54) is 16.7 Å². The molecule has 0 bridgehead atoms. The van der Waals surface area contributed by atoms with Crippen LogP contribution in [-0.4, -0.2) is 41.3 Å². The highest BCUT2D eigenvalue weighted by atomic mass is 32.2. The lowest BCUT2D eigenvalue weighted by Crippen LogP contribution is -2.71. The van der Waals surface area contributed by atoms with Crippen LogP contribution < -0.4 is 4.74 Å². The van der Waals surface area contributed by atoms with Crippen LogP contribution in [0.25, 0.3) is 0 Å². The Morgan fingerprint density at radius 1 is 1.34 bits per heavy atom. The third-order valence-electron chi connectivity index (χ3n) is 5.46. The maximum atomic E-state index is 13.1. The maximum Gasteiger partial charge on any atom is 0.355 e. The monoisotopic (exact) mass is 411 g/mol. The zero-order valence-electron chi connectivity index (χ0n) is 15.5. The molecule has 3 aliphatic heterocycles. The van der Waals surface area contributed by atoms with Crippen LogP contribution in [0.1, 0.15) is 17.0 Å². The molecule has 8 nitrogen and oxygen atoms in total. The average molecular weight is 411 g/mol. The van der Waals surface area contributed by atoms with Gasteiger partial charge in [0.05, 0.1) is 26.2 Å². The smallest absolute Gasteiger partial charge is 0.355 e. The van der Waals surface area contributed by atoms with Gasteiger partial charge in [0.1, 0.15) is 23.4 Å². The number of hydrogen-bond donors (Lipinski definition) is 0. The van der Waals surface area contributed by atoms with Gasteiger partial charge in [0.2, 0.25) is 0 Å². The van der Waals surface area contributed by atoms with Gasteiger partial charge in [0.25, 0.3) is 5.91 Å². The van der Waals surface area contributed by atoms with E-state index in [-0.39, 0.29) is 29.5 Å². The highest BCUT2D eigenvalue weighted by Crippen LogP contribution is 2.57. The Kier molecular flexibility index (Phi) is 4.20. The molecule has 148 valence electrons. The molecular formula is C20H17N3O5S. The molecule has 1 fully saturated rings. The van der Waals surface area contributed by atoms with Crippen molar-refractivity contribution < 1.29 is 23.5 Å². The molecule has 1 amide bonds. The number of azo groups is 1. The zero-order chi connectivity index (χ0) is 20.0. The lowest BCUT2D eigenvalue weighted by molar-refractivity contribution is -0.156. The Hall–Kier alpha value is -3.07. The second-order valence-corrected chi connectivity index (χ2v) is 7.90. The molecule has 2 aromatic rings. The molecule has 4 heterocycles. The van der Waals surface area contributed by atoms with Crippen molar-refractivity contribution in [2.75, 3.05) is 13.7 Å². The Morgan fingerprint density at radius 3 is 2.90 bits per heavy atom. The number of methoxy groups -OCH3 is 1. The number of carbonyl (C=O) groups is 2. The van der Waals surface area contributed by atoms with Gasteiger partial charge >= 0.3 is 5.97 Å². The summed E-state index contributed by atoms with van der Waals surface area (Å²) in [6.45, 7) is 0.535. The Bertz CT molecular complexity index is 1020. The van der Waals surface area contributed by atoms with E-state index in [4.69, 9.17) is 13.9 Å². The van der Waals surface area contributed by atoms with Gasteiger partial charge in [-0.2, -0.15) is 10.2 Å². The molecule has 5 rings (SSSR count). The summed E-state index contributed by atoms with van der Waals surface area (Å²) in [4.78, 5) is 27.2. The number of esters is 1. The first kappa shape index (κ1) is 18.0. The molecule has 0 radical (unpaired) electrons. The van der Waals surface area contributed by atoms with Crippen LogP contribution in [0.15, 0.2) is 68.6 Å². The number of thioether (sulfide) groups is 1. The van der Waals surface area contributed by atoms with Crippen LogP contribution in [-0.2, 0) is 20.9 Å². The van der Waals surface area contributed by atoms with Crippen LogP contribution >= 0.6 is 11.8 Å². The third kappa shape index (κ3) is 2.61. The van der Waals surface area contributed by atoms with Gasteiger partial charge in [0.15, 0.2) is 5.54 Å². The topological polar surface area (TPSA) is 93.7 Å². The molecule has 3 atom stereocenters. The summed E-state index contributed by atoms with van der Waals surface area (Å²) in [6.07, 6.45) is 3.19. The Morgan fingerprint density at radius 2 is 2.17 bits per heavy atom. The predicted molar refractivity (Wildman–Crippen MR) is 103 cm³/mol. The molecule has 0 unspecified atom stereocenters. The SMILES string of the molecule is COc1ccc(COC(=O)C2=CS[C@H]3N2C(=O)[C@@]32N=NC[C@@H]2c2ccoc2)cc1. The van der Waals surface area contributed by atoms with Crippen LogP contribution in [0.2, 0.25) is 0 Å². The van der Waals surface area contributed by atoms with Gasteiger partial charge < -0.3 is 13.9 Å². The van der Waals surface area contributed by atoms with E-state index in [0.717, 1.165) is 16.9 Å². The van der Waals surface area contributed by atoms with E-state index in [2.05, 4.69) is 10.2 Å². The minimum absolute atomic E-state index is 0.111. The van der Waals surface area contributed by atoms with E-state index >= 15 is 0 Å². The molecule has 9 heteroatoms. The van der Waals surface area contributed by atoms with Crippen molar-refractivity contribution >= 4 is 23.6 Å². The second kappa shape index (κ2) is 6.77. The first-order valence-corrected chi connectivity index (χ1v) is 9.99. The number of nitrogens with zero attached hydrogens (tertiary/aromatic N) is 3. The molecular weight excluding hydrogens is 394 g/mol. The molecule has 29 heavy (non-hydrogen) atoms. The Balaban J connectivity index is 1.28. The number of hydrogen-bond acceptors (Lipinski definition) is 8. The van der Waals surface area contributed by atoms with Gasteiger partial charge in [-0.1, -0.05) is 12.1 Å². The second-order valence-electron chi connectivity index (χ2n) is 6.95. The molecule has 1 aromatic heterocycles. The first-order chi connectivity index (χ1) is 14.1. The van der Waals surface area contributed by atoms with Gasteiger partial charge in [0, 0.05) is 11.3 Å². The van der Waals surface area contributed by atoms with Crippen LogP contribution in [0, 0.1) is 0 Å². The van der Waals surface area contributed by atoms with E-state index in [0.29, 0.717) is 6.54 Å². The summed E-state index contributed by atoms with van der Waals surface area (Å²) < 4.78 is 15.7. The standard InChI is InChI=1S/C20H17N3O5S/c1-26-14-4-2-12(3-5-14)9-28-17(24)16-11-29-19-20(18(25)23(16)19)15(8-21-22-20)13-6-7-27-10-13/h2-7,10-11,15,19H,8-9H2,1H3/t15-,19-,20-/m1/s1. The summed E-state index contributed by atoms with van der Waals surface area (Å²) in [5, 5.41) is 9.82. The largest absolute Gasteiger partial charge is 0.497 e. The van der Waals surface area contributed by atoms with Crippen molar-refractivity contribution in [3.05, 3.63) is 65.1 Å². The number of ether oxygens (including phenoxy) is 2. The number of carbonyl (C=O) groups excluding carboxylic acids is 2. The number of benzene rings is 1.